The molecule has 3 nitrogen and oxygen atoms in total. The molecule has 0 saturated carbocycles. The highest BCUT2D eigenvalue weighted by molar-refractivity contribution is 5.68. The summed E-state index contributed by atoms with van der Waals surface area (Å²) in [4.78, 5) is 0. The van der Waals surface area contributed by atoms with E-state index in [1.807, 2.05) is 42.5 Å². The van der Waals surface area contributed by atoms with Gasteiger partial charge in [0.05, 0.1) is 5.69 Å². The van der Waals surface area contributed by atoms with Gasteiger partial charge < -0.3 is 5.73 Å². The number of hydrogen-bond acceptors (Lipinski definition) is 2. The van der Waals surface area contributed by atoms with Crippen molar-refractivity contribution in [3.63, 3.8) is 0 Å². The summed E-state index contributed by atoms with van der Waals surface area (Å²) in [6, 6.07) is 11.9. The van der Waals surface area contributed by atoms with Crippen LogP contribution in [0.3, 0.4) is 0 Å². The number of rotatable bonds is 2. The normalized spacial score (nSPS) is 10.9. The topological polar surface area (TPSA) is 54.7 Å². The quantitative estimate of drug-likeness (QED) is 0.753. The molecule has 2 aromatic rings. The van der Waals surface area contributed by atoms with E-state index in [9.17, 15) is 0 Å². The summed E-state index contributed by atoms with van der Waals surface area (Å²) in [5, 5.41) is 6.64. The first-order chi connectivity index (χ1) is 6.84. The van der Waals surface area contributed by atoms with E-state index in [0.29, 0.717) is 5.82 Å². The number of H-pyrrole nitrogens is 1. The maximum absolute atomic E-state index is 5.47. The van der Waals surface area contributed by atoms with Gasteiger partial charge in [-0.25, -0.2) is 0 Å². The van der Waals surface area contributed by atoms with E-state index in [1.54, 1.807) is 6.07 Å². The number of hydrogen-bond donors (Lipinski definition) is 2. The summed E-state index contributed by atoms with van der Waals surface area (Å²) >= 11 is 0. The number of nitrogen functional groups attached to an aromatic ring is 1. The van der Waals surface area contributed by atoms with E-state index in [0.717, 1.165) is 11.3 Å². The minimum Gasteiger partial charge on any atom is -0.382 e. The SMILES string of the molecule is Nc1cc(/C=C/c2ccccc2)[nH]n1. The minimum atomic E-state index is 0.512. The number of anilines is 1. The van der Waals surface area contributed by atoms with Crippen molar-refractivity contribution in [1.82, 2.24) is 10.2 Å². The van der Waals surface area contributed by atoms with Gasteiger partial charge in [0.15, 0.2) is 0 Å². The Morgan fingerprint density at radius 3 is 2.57 bits per heavy atom. The third kappa shape index (κ3) is 2.01. The lowest BCUT2D eigenvalue weighted by atomic mass is 10.2. The van der Waals surface area contributed by atoms with Crippen molar-refractivity contribution in [2.75, 3.05) is 5.73 Å². The van der Waals surface area contributed by atoms with Crippen LogP contribution in [-0.4, -0.2) is 10.2 Å². The van der Waals surface area contributed by atoms with Crippen molar-refractivity contribution in [3.05, 3.63) is 47.7 Å². The Morgan fingerprint density at radius 2 is 1.93 bits per heavy atom. The zero-order valence-corrected chi connectivity index (χ0v) is 7.64. The van der Waals surface area contributed by atoms with Crippen LogP contribution < -0.4 is 5.73 Å². The molecular formula is C11H11N3. The Hall–Kier alpha value is -2.03. The second-order valence-electron chi connectivity index (χ2n) is 2.99. The van der Waals surface area contributed by atoms with Gasteiger partial charge in [-0.15, -0.1) is 0 Å². The molecule has 0 fully saturated rings. The van der Waals surface area contributed by atoms with Crippen LogP contribution in [0.5, 0.6) is 0 Å². The maximum atomic E-state index is 5.47. The number of nitrogens with two attached hydrogens (primary N) is 1. The Labute approximate surface area is 82.3 Å². The molecule has 1 aromatic carbocycles. The molecular weight excluding hydrogens is 174 g/mol. The molecule has 0 bridgehead atoms. The largest absolute Gasteiger partial charge is 0.382 e. The molecule has 2 rings (SSSR count). The van der Waals surface area contributed by atoms with E-state index in [1.165, 1.54) is 0 Å². The van der Waals surface area contributed by atoms with Crippen LogP contribution >= 0.6 is 0 Å². The van der Waals surface area contributed by atoms with Gasteiger partial charge in [-0.2, -0.15) is 5.10 Å². The second-order valence-corrected chi connectivity index (χ2v) is 2.99. The van der Waals surface area contributed by atoms with E-state index < -0.39 is 0 Å². The van der Waals surface area contributed by atoms with Gasteiger partial charge in [-0.3, -0.25) is 5.10 Å². The fourth-order valence-electron chi connectivity index (χ4n) is 1.19. The van der Waals surface area contributed by atoms with Gasteiger partial charge >= 0.3 is 0 Å². The first-order valence-corrected chi connectivity index (χ1v) is 4.38. The van der Waals surface area contributed by atoms with Crippen LogP contribution in [0.4, 0.5) is 5.82 Å². The molecule has 0 atom stereocenters. The lowest BCUT2D eigenvalue weighted by Gasteiger charge is -1.89. The fourth-order valence-corrected chi connectivity index (χ4v) is 1.19. The van der Waals surface area contributed by atoms with E-state index in [-0.39, 0.29) is 0 Å². The summed E-state index contributed by atoms with van der Waals surface area (Å²) in [5.41, 5.74) is 7.53. The Kier molecular flexibility index (Phi) is 2.32. The second kappa shape index (κ2) is 3.79. The summed E-state index contributed by atoms with van der Waals surface area (Å²) in [7, 11) is 0. The minimum absolute atomic E-state index is 0.512. The Balaban J connectivity index is 2.15. The monoisotopic (exact) mass is 185 g/mol. The zero-order chi connectivity index (χ0) is 9.80. The highest BCUT2D eigenvalue weighted by Crippen LogP contribution is 2.07. The summed E-state index contributed by atoms with van der Waals surface area (Å²) in [5.74, 6) is 0.512. The van der Waals surface area contributed by atoms with E-state index in [2.05, 4.69) is 10.2 Å². The summed E-state index contributed by atoms with van der Waals surface area (Å²) in [6.45, 7) is 0. The average Bonchev–Trinajstić information content (AvgIpc) is 2.63. The lowest BCUT2D eigenvalue weighted by Crippen LogP contribution is -1.81. The van der Waals surface area contributed by atoms with Gasteiger partial charge in [0.25, 0.3) is 0 Å². The highest BCUT2D eigenvalue weighted by Gasteiger charge is 1.91. The van der Waals surface area contributed by atoms with Crippen molar-refractivity contribution < 1.29 is 0 Å². The standard InChI is InChI=1S/C11H11N3/c12-11-8-10(13-14-11)7-6-9-4-2-1-3-5-9/h1-8H,(H3,12,13,14)/b7-6+. The average molecular weight is 185 g/mol. The van der Waals surface area contributed by atoms with Gasteiger partial charge in [-0.05, 0) is 11.6 Å². The van der Waals surface area contributed by atoms with Crippen molar-refractivity contribution in [3.8, 4) is 0 Å². The summed E-state index contributed by atoms with van der Waals surface area (Å²) in [6.07, 6.45) is 3.95. The van der Waals surface area contributed by atoms with Crippen molar-refractivity contribution in [2.45, 2.75) is 0 Å². The number of nitrogens with one attached hydrogen (secondary N) is 1. The molecule has 14 heavy (non-hydrogen) atoms. The van der Waals surface area contributed by atoms with Crippen molar-refractivity contribution in [2.24, 2.45) is 0 Å². The molecule has 0 spiro atoms. The Bertz CT molecular complexity index is 429. The number of aromatic amines is 1. The first kappa shape index (κ1) is 8.56. The lowest BCUT2D eigenvalue weighted by molar-refractivity contribution is 1.09. The first-order valence-electron chi connectivity index (χ1n) is 4.38. The molecule has 3 N–H and O–H groups in total. The number of nitrogens with zero attached hydrogens (tertiary/aromatic N) is 1. The predicted molar refractivity (Wildman–Crippen MR) is 58.4 cm³/mol. The van der Waals surface area contributed by atoms with Gasteiger partial charge in [-0.1, -0.05) is 36.4 Å². The molecule has 3 heteroatoms. The molecule has 1 heterocycles. The smallest absolute Gasteiger partial charge is 0.145 e. The molecule has 0 amide bonds. The van der Waals surface area contributed by atoms with Gasteiger partial charge in [0.2, 0.25) is 0 Å². The van der Waals surface area contributed by atoms with Crippen LogP contribution in [0.2, 0.25) is 0 Å². The predicted octanol–water partition coefficient (Wildman–Crippen LogP) is 2.16. The van der Waals surface area contributed by atoms with Crippen LogP contribution in [0, 0.1) is 0 Å². The fraction of sp³-hybridized carbons (Fsp3) is 0. The van der Waals surface area contributed by atoms with Crippen LogP contribution in [0.15, 0.2) is 36.4 Å². The van der Waals surface area contributed by atoms with Crippen LogP contribution in [0.1, 0.15) is 11.3 Å². The van der Waals surface area contributed by atoms with Gasteiger partial charge in [0.1, 0.15) is 5.82 Å². The zero-order valence-electron chi connectivity index (χ0n) is 7.64. The molecule has 0 radical (unpaired) electrons. The highest BCUT2D eigenvalue weighted by atomic mass is 15.1. The number of aromatic nitrogens is 2. The molecule has 70 valence electrons. The Morgan fingerprint density at radius 1 is 1.14 bits per heavy atom. The molecule has 0 aliphatic rings. The number of benzene rings is 1. The molecule has 0 aliphatic heterocycles. The molecule has 0 unspecified atom stereocenters. The molecule has 0 saturated heterocycles. The van der Waals surface area contributed by atoms with Crippen LogP contribution in [-0.2, 0) is 0 Å². The van der Waals surface area contributed by atoms with E-state index >= 15 is 0 Å². The van der Waals surface area contributed by atoms with Gasteiger partial charge in [0, 0.05) is 6.07 Å². The maximum Gasteiger partial charge on any atom is 0.145 e. The van der Waals surface area contributed by atoms with Crippen LogP contribution in [0.25, 0.3) is 12.2 Å². The van der Waals surface area contributed by atoms with Crippen molar-refractivity contribution >= 4 is 18.0 Å². The third-order valence-electron chi connectivity index (χ3n) is 1.87. The third-order valence-corrected chi connectivity index (χ3v) is 1.87. The summed E-state index contributed by atoms with van der Waals surface area (Å²) < 4.78 is 0. The van der Waals surface area contributed by atoms with Crippen molar-refractivity contribution in [1.29, 1.82) is 0 Å². The van der Waals surface area contributed by atoms with E-state index in [4.69, 9.17) is 5.73 Å². The molecule has 0 aliphatic carbocycles. The molecule has 1 aromatic heterocycles.